The van der Waals surface area contributed by atoms with E-state index in [1.165, 1.54) is 4.90 Å². The van der Waals surface area contributed by atoms with Gasteiger partial charge in [-0.05, 0) is 31.7 Å². The molecule has 3 saturated heterocycles. The van der Waals surface area contributed by atoms with Crippen LogP contribution in [-0.4, -0.2) is 93.5 Å². The van der Waals surface area contributed by atoms with Gasteiger partial charge in [-0.1, -0.05) is 71.8 Å². The van der Waals surface area contributed by atoms with Gasteiger partial charge >= 0.3 is 5.97 Å². The number of halogens is 1. The van der Waals surface area contributed by atoms with Crippen molar-refractivity contribution in [2.24, 2.45) is 11.8 Å². The lowest BCUT2D eigenvalue weighted by Crippen LogP contribution is -2.58. The topological polar surface area (TPSA) is 125 Å². The molecular formula is C33H44BrN3O7. The molecule has 0 radical (unpaired) electrons. The third-order valence-electron chi connectivity index (χ3n) is 8.93. The van der Waals surface area contributed by atoms with Gasteiger partial charge in [-0.3, -0.25) is 19.2 Å². The Morgan fingerprint density at radius 1 is 1.27 bits per heavy atom. The molecule has 1 aromatic rings. The summed E-state index contributed by atoms with van der Waals surface area (Å²) in [5, 5.41) is 13.2. The second-order valence-corrected chi connectivity index (χ2v) is 13.0. The molecule has 8 atom stereocenters. The molecule has 44 heavy (non-hydrogen) atoms. The highest BCUT2D eigenvalue weighted by Gasteiger charge is 2.77. The third kappa shape index (κ3) is 6.50. The summed E-state index contributed by atoms with van der Waals surface area (Å²) >= 11 is 3.70. The van der Waals surface area contributed by atoms with Crippen molar-refractivity contribution in [1.29, 1.82) is 0 Å². The fraction of sp³-hybridized carbons (Fsp3) is 0.576. The Kier molecular flexibility index (Phi) is 11.4. The number of aliphatic hydroxyl groups excluding tert-OH is 1. The molecule has 3 aliphatic rings. The SMILES string of the molecule is C=CCCC(=O)OC[C@@H](NC(=O)[C@H]1[C@@H]2O[C@@]3(CC2Br)[C@@H]1C(=O)N([C@H](C)CO)[C@@H]3C(=O)N(CC=C)CCCC)c1ccccc1. The van der Waals surface area contributed by atoms with Gasteiger partial charge in [0.15, 0.2) is 0 Å². The summed E-state index contributed by atoms with van der Waals surface area (Å²) in [6.45, 7) is 11.5. The quantitative estimate of drug-likeness (QED) is 0.157. The lowest BCUT2D eigenvalue weighted by molar-refractivity contribution is -0.150. The van der Waals surface area contributed by atoms with Crippen LogP contribution >= 0.6 is 15.9 Å². The Hall–Kier alpha value is -3.02. The Labute approximate surface area is 267 Å². The largest absolute Gasteiger partial charge is 0.463 e. The minimum Gasteiger partial charge on any atom is -0.463 e. The number of unbranched alkanes of at least 4 members (excludes halogenated alkanes) is 1. The summed E-state index contributed by atoms with van der Waals surface area (Å²) in [4.78, 5) is 57.8. The van der Waals surface area contributed by atoms with Crippen molar-refractivity contribution in [2.45, 2.75) is 80.6 Å². The fourth-order valence-electron chi connectivity index (χ4n) is 6.82. The number of amides is 3. The number of nitrogens with zero attached hydrogens (tertiary/aromatic N) is 2. The maximum atomic E-state index is 14.3. The number of nitrogens with one attached hydrogen (secondary N) is 1. The van der Waals surface area contributed by atoms with Crippen LogP contribution in [0.15, 0.2) is 55.6 Å². The summed E-state index contributed by atoms with van der Waals surface area (Å²) in [5.74, 6) is -3.31. The molecule has 10 nitrogen and oxygen atoms in total. The van der Waals surface area contributed by atoms with E-state index in [1.54, 1.807) is 24.0 Å². The lowest BCUT2D eigenvalue weighted by Gasteiger charge is -2.38. The van der Waals surface area contributed by atoms with Crippen LogP contribution in [0.5, 0.6) is 0 Å². The second kappa shape index (κ2) is 14.8. The van der Waals surface area contributed by atoms with Crippen molar-refractivity contribution < 1.29 is 33.8 Å². The number of ether oxygens (including phenoxy) is 2. The number of hydrogen-bond acceptors (Lipinski definition) is 7. The van der Waals surface area contributed by atoms with E-state index in [-0.39, 0.29) is 36.3 Å². The molecule has 1 unspecified atom stereocenters. The number of aliphatic hydroxyl groups is 1. The summed E-state index contributed by atoms with van der Waals surface area (Å²) in [5.41, 5.74) is -0.507. The number of esters is 1. The molecule has 11 heteroatoms. The molecule has 3 amide bonds. The van der Waals surface area contributed by atoms with E-state index in [2.05, 4.69) is 34.4 Å². The Bertz CT molecular complexity index is 1230. The molecule has 0 saturated carbocycles. The molecule has 0 aromatic heterocycles. The molecule has 2 N–H and O–H groups in total. The Morgan fingerprint density at radius 2 is 2.00 bits per heavy atom. The minimum absolute atomic E-state index is 0.0891. The number of hydrogen-bond donors (Lipinski definition) is 2. The molecule has 3 aliphatic heterocycles. The van der Waals surface area contributed by atoms with Gasteiger partial charge in [0.25, 0.3) is 0 Å². The number of fused-ring (bicyclic) bond motifs is 1. The smallest absolute Gasteiger partial charge is 0.306 e. The highest BCUT2D eigenvalue weighted by atomic mass is 79.9. The zero-order valence-electron chi connectivity index (χ0n) is 25.5. The van der Waals surface area contributed by atoms with E-state index < -0.39 is 53.5 Å². The fourth-order valence-corrected chi connectivity index (χ4v) is 7.76. The molecule has 0 aliphatic carbocycles. The first kappa shape index (κ1) is 33.9. The van der Waals surface area contributed by atoms with Gasteiger partial charge in [-0.2, -0.15) is 0 Å². The minimum atomic E-state index is -1.25. The zero-order valence-corrected chi connectivity index (χ0v) is 27.1. The van der Waals surface area contributed by atoms with E-state index in [0.717, 1.165) is 18.4 Å². The molecular weight excluding hydrogens is 630 g/mol. The normalized spacial score (nSPS) is 28.2. The first-order chi connectivity index (χ1) is 21.1. The first-order valence-corrected chi connectivity index (χ1v) is 16.3. The van der Waals surface area contributed by atoms with Crippen molar-refractivity contribution in [1.82, 2.24) is 15.1 Å². The molecule has 1 spiro atoms. The van der Waals surface area contributed by atoms with Crippen molar-refractivity contribution in [2.75, 3.05) is 26.3 Å². The number of benzene rings is 1. The maximum Gasteiger partial charge on any atom is 0.306 e. The number of allylic oxidation sites excluding steroid dienone is 1. The number of carbonyl (C=O) groups is 4. The van der Waals surface area contributed by atoms with Gasteiger partial charge in [-0.15, -0.1) is 13.2 Å². The zero-order chi connectivity index (χ0) is 32.0. The highest BCUT2D eigenvalue weighted by Crippen LogP contribution is 2.60. The van der Waals surface area contributed by atoms with Gasteiger partial charge in [0.2, 0.25) is 17.7 Å². The lowest BCUT2D eigenvalue weighted by atomic mass is 9.70. The van der Waals surface area contributed by atoms with E-state index in [4.69, 9.17) is 9.47 Å². The highest BCUT2D eigenvalue weighted by molar-refractivity contribution is 9.09. The molecule has 240 valence electrons. The van der Waals surface area contributed by atoms with Crippen LogP contribution in [0, 0.1) is 11.8 Å². The Morgan fingerprint density at radius 3 is 2.64 bits per heavy atom. The molecule has 2 bridgehead atoms. The van der Waals surface area contributed by atoms with Gasteiger partial charge < -0.3 is 29.7 Å². The van der Waals surface area contributed by atoms with Crippen molar-refractivity contribution in [3.8, 4) is 0 Å². The standard InChI is InChI=1S/C33H44BrN3O7/c1-5-8-15-25(39)43-20-24(22-13-11-10-12-14-22)35-30(40)26-27-31(41)37(21(4)19-38)29(33(27)18-23(34)28(26)44-33)32(42)36(16-7-3)17-9-6-2/h5,7,10-14,21,23-24,26-29,38H,1,3,6,8-9,15-20H2,2,4H3,(H,35,40)/t21-,23?,24-,26-,27+,28-,29-,33+/m1/s1. The average Bonchev–Trinajstić information content (AvgIpc) is 3.62. The van der Waals surface area contributed by atoms with Crippen LogP contribution in [0.4, 0.5) is 0 Å². The molecule has 4 rings (SSSR count). The maximum absolute atomic E-state index is 14.3. The third-order valence-corrected chi connectivity index (χ3v) is 9.77. The van der Waals surface area contributed by atoms with Crippen molar-refractivity contribution in [3.63, 3.8) is 0 Å². The summed E-state index contributed by atoms with van der Waals surface area (Å²) in [6.07, 6.45) is 5.32. The van der Waals surface area contributed by atoms with Gasteiger partial charge in [-0.25, -0.2) is 0 Å². The Balaban J connectivity index is 1.66. The van der Waals surface area contributed by atoms with Crippen molar-refractivity contribution >= 4 is 39.6 Å². The predicted molar refractivity (Wildman–Crippen MR) is 168 cm³/mol. The predicted octanol–water partition coefficient (Wildman–Crippen LogP) is 3.30. The van der Waals surface area contributed by atoms with Gasteiger partial charge in [0, 0.05) is 24.3 Å². The number of rotatable bonds is 16. The van der Waals surface area contributed by atoms with Crippen molar-refractivity contribution in [3.05, 3.63) is 61.2 Å². The van der Waals surface area contributed by atoms with Crippen LogP contribution in [0.2, 0.25) is 0 Å². The van der Waals surface area contributed by atoms with E-state index in [9.17, 15) is 24.3 Å². The molecule has 3 fully saturated rings. The van der Waals surface area contributed by atoms with Crippen LogP contribution in [0.3, 0.4) is 0 Å². The summed E-state index contributed by atoms with van der Waals surface area (Å²) in [7, 11) is 0. The number of likely N-dealkylation sites (tertiary alicyclic amines) is 1. The average molecular weight is 675 g/mol. The van der Waals surface area contributed by atoms with Crippen LogP contribution < -0.4 is 5.32 Å². The van der Waals surface area contributed by atoms with E-state index >= 15 is 0 Å². The van der Waals surface area contributed by atoms with E-state index in [1.807, 2.05) is 37.3 Å². The van der Waals surface area contributed by atoms with Crippen LogP contribution in [-0.2, 0) is 28.7 Å². The van der Waals surface area contributed by atoms with Crippen LogP contribution in [0.1, 0.15) is 57.6 Å². The molecule has 1 aromatic carbocycles. The molecule has 3 heterocycles. The second-order valence-electron chi connectivity index (χ2n) is 11.8. The van der Waals surface area contributed by atoms with Crippen LogP contribution in [0.25, 0.3) is 0 Å². The van der Waals surface area contributed by atoms with Gasteiger partial charge in [0.1, 0.15) is 18.2 Å². The van der Waals surface area contributed by atoms with Gasteiger partial charge in [0.05, 0.1) is 36.6 Å². The summed E-state index contributed by atoms with van der Waals surface area (Å²) in [6, 6.07) is 6.84. The number of alkyl halides is 1. The van der Waals surface area contributed by atoms with E-state index in [0.29, 0.717) is 25.9 Å². The first-order valence-electron chi connectivity index (χ1n) is 15.4. The number of carbonyl (C=O) groups excluding carboxylic acids is 4. The summed E-state index contributed by atoms with van der Waals surface area (Å²) < 4.78 is 12.1. The monoisotopic (exact) mass is 673 g/mol.